The zero-order valence-electron chi connectivity index (χ0n) is 12.3. The maximum Gasteiger partial charge on any atom is 0.253 e. The highest BCUT2D eigenvalue weighted by Crippen LogP contribution is 2.30. The molecule has 4 nitrogen and oxygen atoms in total. The van der Waals surface area contributed by atoms with Gasteiger partial charge < -0.3 is 15.4 Å². The molecule has 22 heavy (non-hydrogen) atoms. The van der Waals surface area contributed by atoms with E-state index in [0.717, 1.165) is 17.6 Å². The van der Waals surface area contributed by atoms with Crippen LogP contribution in [0.1, 0.15) is 21.8 Å². The van der Waals surface area contributed by atoms with E-state index in [9.17, 15) is 4.79 Å². The summed E-state index contributed by atoms with van der Waals surface area (Å²) in [7, 11) is 1.56. The Kier molecular flexibility index (Phi) is 4.07. The van der Waals surface area contributed by atoms with E-state index < -0.39 is 0 Å². The molecule has 1 heterocycles. The van der Waals surface area contributed by atoms with Crippen molar-refractivity contribution in [3.8, 4) is 5.75 Å². The number of anilines is 1. The molecule has 0 radical (unpaired) electrons. The molecular formula is C17H17BrN2O2. The fourth-order valence-corrected chi connectivity index (χ4v) is 2.90. The Hall–Kier alpha value is -2.01. The molecule has 5 heteroatoms. The minimum atomic E-state index is 0.0164. The van der Waals surface area contributed by atoms with Crippen molar-refractivity contribution in [3.63, 3.8) is 0 Å². The number of halogens is 1. The number of hydrogen-bond donors (Lipinski definition) is 1. The maximum atomic E-state index is 12.4. The van der Waals surface area contributed by atoms with Gasteiger partial charge in [0, 0.05) is 29.0 Å². The number of rotatable bonds is 3. The van der Waals surface area contributed by atoms with Crippen molar-refractivity contribution in [2.45, 2.75) is 5.92 Å². The van der Waals surface area contributed by atoms with Gasteiger partial charge in [0.25, 0.3) is 5.91 Å². The molecule has 0 saturated carbocycles. The number of amides is 1. The molecule has 1 amide bonds. The number of benzene rings is 2. The minimum Gasteiger partial charge on any atom is -0.495 e. The van der Waals surface area contributed by atoms with Gasteiger partial charge in [-0.25, -0.2) is 0 Å². The Labute approximate surface area is 138 Å². The van der Waals surface area contributed by atoms with Gasteiger partial charge in [-0.3, -0.25) is 4.79 Å². The van der Waals surface area contributed by atoms with Crippen LogP contribution in [0.2, 0.25) is 0 Å². The predicted octanol–water partition coefficient (Wildman–Crippen LogP) is 3.28. The summed E-state index contributed by atoms with van der Waals surface area (Å²) in [6.45, 7) is 1.48. The molecule has 2 aromatic carbocycles. The van der Waals surface area contributed by atoms with Crippen LogP contribution in [-0.2, 0) is 0 Å². The molecule has 0 bridgehead atoms. The van der Waals surface area contributed by atoms with Crippen molar-refractivity contribution in [2.24, 2.45) is 0 Å². The number of methoxy groups -OCH3 is 1. The number of ether oxygens (including phenoxy) is 1. The van der Waals surface area contributed by atoms with Gasteiger partial charge in [-0.1, -0.05) is 28.1 Å². The maximum absolute atomic E-state index is 12.4. The van der Waals surface area contributed by atoms with Crippen LogP contribution in [0, 0.1) is 0 Å². The Morgan fingerprint density at radius 3 is 2.50 bits per heavy atom. The van der Waals surface area contributed by atoms with Gasteiger partial charge in [0.05, 0.1) is 12.8 Å². The van der Waals surface area contributed by atoms with Gasteiger partial charge in [0.1, 0.15) is 5.75 Å². The molecule has 1 fully saturated rings. The predicted molar refractivity (Wildman–Crippen MR) is 90.2 cm³/mol. The first-order chi connectivity index (χ1) is 10.6. The highest BCUT2D eigenvalue weighted by Gasteiger charge is 2.32. The van der Waals surface area contributed by atoms with E-state index in [1.807, 2.05) is 17.0 Å². The Balaban J connectivity index is 1.66. The number of carbonyl (C=O) groups is 1. The first-order valence-corrected chi connectivity index (χ1v) is 7.86. The number of likely N-dealkylation sites (tertiary alicyclic amines) is 1. The summed E-state index contributed by atoms with van der Waals surface area (Å²) in [4.78, 5) is 14.3. The lowest BCUT2D eigenvalue weighted by molar-refractivity contribution is 0.0602. The van der Waals surface area contributed by atoms with Crippen molar-refractivity contribution in [3.05, 3.63) is 58.1 Å². The monoisotopic (exact) mass is 360 g/mol. The van der Waals surface area contributed by atoms with Crippen LogP contribution in [0.5, 0.6) is 5.75 Å². The van der Waals surface area contributed by atoms with E-state index in [-0.39, 0.29) is 5.91 Å². The van der Waals surface area contributed by atoms with Crippen molar-refractivity contribution < 1.29 is 9.53 Å². The molecule has 1 saturated heterocycles. The molecule has 3 rings (SSSR count). The second kappa shape index (κ2) is 6.01. The summed E-state index contributed by atoms with van der Waals surface area (Å²) >= 11 is 3.43. The van der Waals surface area contributed by atoms with Crippen molar-refractivity contribution in [1.82, 2.24) is 4.90 Å². The topological polar surface area (TPSA) is 55.6 Å². The van der Waals surface area contributed by atoms with Crippen LogP contribution in [-0.4, -0.2) is 31.0 Å². The highest BCUT2D eigenvalue weighted by molar-refractivity contribution is 9.10. The van der Waals surface area contributed by atoms with Gasteiger partial charge in [0.2, 0.25) is 0 Å². The van der Waals surface area contributed by atoms with E-state index in [1.54, 1.807) is 25.3 Å². The smallest absolute Gasteiger partial charge is 0.253 e. The van der Waals surface area contributed by atoms with Crippen molar-refractivity contribution >= 4 is 27.5 Å². The summed E-state index contributed by atoms with van der Waals surface area (Å²) < 4.78 is 6.18. The second-order valence-corrected chi connectivity index (χ2v) is 6.33. The fourth-order valence-electron chi connectivity index (χ4n) is 2.64. The molecule has 0 unspecified atom stereocenters. The number of hydrogen-bond acceptors (Lipinski definition) is 3. The Morgan fingerprint density at radius 2 is 1.91 bits per heavy atom. The molecule has 2 N–H and O–H groups in total. The van der Waals surface area contributed by atoms with Crippen LogP contribution in [0.25, 0.3) is 0 Å². The quantitative estimate of drug-likeness (QED) is 0.854. The summed E-state index contributed by atoms with van der Waals surface area (Å²) in [5.41, 5.74) is 8.22. The van der Waals surface area contributed by atoms with Crippen molar-refractivity contribution in [1.29, 1.82) is 0 Å². The molecule has 0 aliphatic carbocycles. The van der Waals surface area contributed by atoms with Gasteiger partial charge >= 0.3 is 0 Å². The van der Waals surface area contributed by atoms with Crippen LogP contribution >= 0.6 is 15.9 Å². The third-order valence-corrected chi connectivity index (χ3v) is 4.52. The molecule has 0 aromatic heterocycles. The van der Waals surface area contributed by atoms with Crippen LogP contribution in [0.3, 0.4) is 0 Å². The molecule has 1 aliphatic rings. The molecule has 1 aliphatic heterocycles. The standard InChI is InChI=1S/C17H17BrN2O2/c1-22-16-7-4-12(8-15(16)19)17(21)20-9-13(10-20)11-2-5-14(18)6-3-11/h2-8,13H,9-10,19H2,1H3. The van der Waals surface area contributed by atoms with Gasteiger partial charge in [-0.2, -0.15) is 0 Å². The van der Waals surface area contributed by atoms with E-state index >= 15 is 0 Å². The lowest BCUT2D eigenvalue weighted by Crippen LogP contribution is -2.48. The third kappa shape index (κ3) is 2.81. The summed E-state index contributed by atoms with van der Waals surface area (Å²) in [6, 6.07) is 13.4. The van der Waals surface area contributed by atoms with E-state index in [1.165, 1.54) is 5.56 Å². The van der Waals surface area contributed by atoms with E-state index in [4.69, 9.17) is 10.5 Å². The second-order valence-electron chi connectivity index (χ2n) is 5.42. The number of nitrogens with two attached hydrogens (primary N) is 1. The largest absolute Gasteiger partial charge is 0.495 e. The highest BCUT2D eigenvalue weighted by atomic mass is 79.9. The molecule has 114 valence electrons. The van der Waals surface area contributed by atoms with Gasteiger partial charge in [-0.05, 0) is 35.9 Å². The Bertz CT molecular complexity index is 694. The zero-order chi connectivity index (χ0) is 15.7. The third-order valence-electron chi connectivity index (χ3n) is 3.99. The average Bonchev–Trinajstić information content (AvgIpc) is 2.47. The number of carbonyl (C=O) groups excluding carboxylic acids is 1. The van der Waals surface area contributed by atoms with Crippen LogP contribution < -0.4 is 10.5 Å². The lowest BCUT2D eigenvalue weighted by Gasteiger charge is -2.39. The molecule has 2 aromatic rings. The van der Waals surface area contributed by atoms with E-state index in [2.05, 4.69) is 28.1 Å². The summed E-state index contributed by atoms with van der Waals surface area (Å²) in [5, 5.41) is 0. The van der Waals surface area contributed by atoms with E-state index in [0.29, 0.717) is 22.9 Å². The lowest BCUT2D eigenvalue weighted by atomic mass is 9.91. The minimum absolute atomic E-state index is 0.0164. The molecular weight excluding hydrogens is 344 g/mol. The van der Waals surface area contributed by atoms with Crippen LogP contribution in [0.15, 0.2) is 46.9 Å². The SMILES string of the molecule is COc1ccc(C(=O)N2CC(c3ccc(Br)cc3)C2)cc1N. The zero-order valence-corrected chi connectivity index (χ0v) is 13.8. The fraction of sp³-hybridized carbons (Fsp3) is 0.235. The first-order valence-electron chi connectivity index (χ1n) is 7.06. The van der Waals surface area contributed by atoms with Gasteiger partial charge in [0.15, 0.2) is 0 Å². The summed E-state index contributed by atoms with van der Waals surface area (Å²) in [6.07, 6.45) is 0. The average molecular weight is 361 g/mol. The molecule has 0 spiro atoms. The summed E-state index contributed by atoms with van der Waals surface area (Å²) in [5.74, 6) is 1.02. The first kappa shape index (κ1) is 14.9. The Morgan fingerprint density at radius 1 is 1.23 bits per heavy atom. The van der Waals surface area contributed by atoms with Gasteiger partial charge in [-0.15, -0.1) is 0 Å². The number of nitrogen functional groups attached to an aromatic ring is 1. The van der Waals surface area contributed by atoms with Crippen molar-refractivity contribution in [2.75, 3.05) is 25.9 Å². The van der Waals surface area contributed by atoms with Crippen LogP contribution in [0.4, 0.5) is 5.69 Å². The normalized spacial score (nSPS) is 14.5. The number of nitrogens with zero attached hydrogens (tertiary/aromatic N) is 1. The molecule has 0 atom stereocenters.